The SMILES string of the molecule is NC(=S)C1CCCCN1C(=O)CC1CCC1. The second-order valence-electron chi connectivity index (χ2n) is 5.00. The van der Waals surface area contributed by atoms with Crippen LogP contribution in [0.3, 0.4) is 0 Å². The van der Waals surface area contributed by atoms with E-state index in [0.29, 0.717) is 17.3 Å². The summed E-state index contributed by atoms with van der Waals surface area (Å²) in [7, 11) is 0. The third-order valence-electron chi connectivity index (χ3n) is 3.84. The first kappa shape index (κ1) is 11.8. The van der Waals surface area contributed by atoms with Crippen LogP contribution in [0.5, 0.6) is 0 Å². The van der Waals surface area contributed by atoms with Crippen molar-refractivity contribution in [1.29, 1.82) is 0 Å². The van der Waals surface area contributed by atoms with Crippen LogP contribution in [0.15, 0.2) is 0 Å². The highest BCUT2D eigenvalue weighted by atomic mass is 32.1. The first-order valence-corrected chi connectivity index (χ1v) is 6.68. The van der Waals surface area contributed by atoms with Crippen LogP contribution in [0.25, 0.3) is 0 Å². The van der Waals surface area contributed by atoms with Gasteiger partial charge in [-0.05, 0) is 38.0 Å². The van der Waals surface area contributed by atoms with Crippen molar-refractivity contribution in [3.63, 3.8) is 0 Å². The second kappa shape index (κ2) is 5.13. The Hall–Kier alpha value is -0.640. The molecule has 1 unspecified atom stereocenters. The zero-order valence-electron chi connectivity index (χ0n) is 9.65. The summed E-state index contributed by atoms with van der Waals surface area (Å²) in [5, 5.41) is 0. The molecule has 1 saturated heterocycles. The van der Waals surface area contributed by atoms with Crippen molar-refractivity contribution < 1.29 is 4.79 Å². The lowest BCUT2D eigenvalue weighted by molar-refractivity contribution is -0.135. The molecule has 1 atom stereocenters. The molecule has 1 aliphatic heterocycles. The van der Waals surface area contributed by atoms with E-state index in [-0.39, 0.29) is 11.9 Å². The van der Waals surface area contributed by atoms with E-state index in [1.165, 1.54) is 19.3 Å². The topological polar surface area (TPSA) is 46.3 Å². The third-order valence-corrected chi connectivity index (χ3v) is 4.11. The summed E-state index contributed by atoms with van der Waals surface area (Å²) >= 11 is 5.05. The zero-order valence-corrected chi connectivity index (χ0v) is 10.5. The van der Waals surface area contributed by atoms with Gasteiger partial charge < -0.3 is 10.6 Å². The number of likely N-dealkylation sites (tertiary alicyclic amines) is 1. The van der Waals surface area contributed by atoms with Gasteiger partial charge in [0, 0.05) is 13.0 Å². The normalized spacial score (nSPS) is 26.2. The average Bonchev–Trinajstić information content (AvgIpc) is 2.23. The maximum atomic E-state index is 12.1. The molecule has 16 heavy (non-hydrogen) atoms. The third kappa shape index (κ3) is 2.54. The van der Waals surface area contributed by atoms with Crippen LogP contribution in [0.1, 0.15) is 44.9 Å². The largest absolute Gasteiger partial charge is 0.392 e. The number of thiocarbonyl (C=S) groups is 1. The van der Waals surface area contributed by atoms with Crippen molar-refractivity contribution in [2.75, 3.05) is 6.54 Å². The number of amides is 1. The van der Waals surface area contributed by atoms with Crippen LogP contribution in [-0.2, 0) is 4.79 Å². The van der Waals surface area contributed by atoms with Gasteiger partial charge in [0.1, 0.15) is 0 Å². The van der Waals surface area contributed by atoms with Crippen molar-refractivity contribution in [3.8, 4) is 0 Å². The summed E-state index contributed by atoms with van der Waals surface area (Å²) in [6, 6.07) is 0.0244. The van der Waals surface area contributed by atoms with E-state index in [4.69, 9.17) is 18.0 Å². The molecule has 4 heteroatoms. The van der Waals surface area contributed by atoms with Crippen molar-refractivity contribution in [1.82, 2.24) is 4.90 Å². The molecule has 0 spiro atoms. The molecule has 90 valence electrons. The fraction of sp³-hybridized carbons (Fsp3) is 0.833. The van der Waals surface area contributed by atoms with Crippen LogP contribution in [0, 0.1) is 5.92 Å². The Morgan fingerprint density at radius 3 is 2.56 bits per heavy atom. The molecule has 1 amide bonds. The van der Waals surface area contributed by atoms with Crippen molar-refractivity contribution in [2.24, 2.45) is 11.7 Å². The zero-order chi connectivity index (χ0) is 11.5. The van der Waals surface area contributed by atoms with Gasteiger partial charge in [-0.2, -0.15) is 0 Å². The number of carbonyl (C=O) groups is 1. The number of nitrogens with zero attached hydrogens (tertiary/aromatic N) is 1. The van der Waals surface area contributed by atoms with E-state index in [0.717, 1.165) is 25.8 Å². The van der Waals surface area contributed by atoms with Gasteiger partial charge in [-0.25, -0.2) is 0 Å². The quantitative estimate of drug-likeness (QED) is 0.766. The van der Waals surface area contributed by atoms with Gasteiger partial charge in [0.25, 0.3) is 0 Å². The minimum Gasteiger partial charge on any atom is -0.392 e. The van der Waals surface area contributed by atoms with E-state index in [1.54, 1.807) is 0 Å². The fourth-order valence-electron chi connectivity index (χ4n) is 2.59. The predicted molar refractivity (Wildman–Crippen MR) is 68.1 cm³/mol. The van der Waals surface area contributed by atoms with Crippen LogP contribution in [-0.4, -0.2) is 28.4 Å². The van der Waals surface area contributed by atoms with Crippen LogP contribution in [0.4, 0.5) is 0 Å². The van der Waals surface area contributed by atoms with Crippen LogP contribution < -0.4 is 5.73 Å². The Bertz CT molecular complexity index is 289. The van der Waals surface area contributed by atoms with Gasteiger partial charge in [0.05, 0.1) is 11.0 Å². The lowest BCUT2D eigenvalue weighted by atomic mass is 9.82. The standard InChI is InChI=1S/C12H20N2OS/c13-12(16)10-6-1-2-7-14(10)11(15)8-9-4-3-5-9/h9-10H,1-8H2,(H2,13,16). The minimum absolute atomic E-state index is 0.0244. The number of nitrogens with two attached hydrogens (primary N) is 1. The molecule has 0 aromatic heterocycles. The Morgan fingerprint density at radius 1 is 1.25 bits per heavy atom. The highest BCUT2D eigenvalue weighted by Gasteiger charge is 2.30. The Balaban J connectivity index is 1.93. The highest BCUT2D eigenvalue weighted by molar-refractivity contribution is 7.80. The van der Waals surface area contributed by atoms with Crippen molar-refractivity contribution >= 4 is 23.1 Å². The summed E-state index contributed by atoms with van der Waals surface area (Å²) in [6.45, 7) is 0.841. The minimum atomic E-state index is 0.0244. The molecule has 2 N–H and O–H groups in total. The van der Waals surface area contributed by atoms with E-state index in [1.807, 2.05) is 4.90 Å². The van der Waals surface area contributed by atoms with E-state index in [9.17, 15) is 4.79 Å². The molecule has 3 nitrogen and oxygen atoms in total. The molecule has 2 fully saturated rings. The van der Waals surface area contributed by atoms with Gasteiger partial charge in [-0.15, -0.1) is 0 Å². The fourth-order valence-corrected chi connectivity index (χ4v) is 2.83. The molecular formula is C12H20N2OS. The van der Waals surface area contributed by atoms with Crippen LogP contribution in [0.2, 0.25) is 0 Å². The maximum absolute atomic E-state index is 12.1. The molecule has 1 saturated carbocycles. The number of hydrogen-bond donors (Lipinski definition) is 1. The molecule has 2 aliphatic rings. The predicted octanol–water partition coefficient (Wildman–Crippen LogP) is 1.84. The van der Waals surface area contributed by atoms with E-state index in [2.05, 4.69) is 0 Å². The monoisotopic (exact) mass is 240 g/mol. The summed E-state index contributed by atoms with van der Waals surface area (Å²) < 4.78 is 0. The van der Waals surface area contributed by atoms with Crippen LogP contribution >= 0.6 is 12.2 Å². The number of carbonyl (C=O) groups excluding carboxylic acids is 1. The smallest absolute Gasteiger partial charge is 0.223 e. The van der Waals surface area contributed by atoms with E-state index < -0.39 is 0 Å². The second-order valence-corrected chi connectivity index (χ2v) is 5.47. The molecule has 0 aromatic rings. The van der Waals surface area contributed by atoms with Gasteiger partial charge in [0.15, 0.2) is 0 Å². The first-order chi connectivity index (χ1) is 7.68. The Morgan fingerprint density at radius 2 is 2.00 bits per heavy atom. The first-order valence-electron chi connectivity index (χ1n) is 6.27. The molecule has 0 aromatic carbocycles. The van der Waals surface area contributed by atoms with Gasteiger partial charge in [0.2, 0.25) is 5.91 Å². The maximum Gasteiger partial charge on any atom is 0.223 e. The van der Waals surface area contributed by atoms with E-state index >= 15 is 0 Å². The molecule has 0 bridgehead atoms. The molecule has 1 heterocycles. The summed E-state index contributed by atoms with van der Waals surface area (Å²) in [6.07, 6.45) is 7.61. The molecular weight excluding hydrogens is 220 g/mol. The highest BCUT2D eigenvalue weighted by Crippen LogP contribution is 2.31. The Kier molecular flexibility index (Phi) is 3.79. The van der Waals surface area contributed by atoms with Crippen molar-refractivity contribution in [2.45, 2.75) is 51.0 Å². The molecule has 0 radical (unpaired) electrons. The number of rotatable bonds is 3. The Labute approximate surface area is 102 Å². The average molecular weight is 240 g/mol. The lowest BCUT2D eigenvalue weighted by Gasteiger charge is -2.37. The summed E-state index contributed by atoms with van der Waals surface area (Å²) in [5.41, 5.74) is 5.71. The summed E-state index contributed by atoms with van der Waals surface area (Å²) in [5.74, 6) is 0.892. The van der Waals surface area contributed by atoms with Crippen molar-refractivity contribution in [3.05, 3.63) is 0 Å². The number of hydrogen-bond acceptors (Lipinski definition) is 2. The van der Waals surface area contributed by atoms with Gasteiger partial charge >= 0.3 is 0 Å². The van der Waals surface area contributed by atoms with Gasteiger partial charge in [-0.1, -0.05) is 18.6 Å². The molecule has 2 rings (SSSR count). The molecule has 1 aliphatic carbocycles. The van der Waals surface area contributed by atoms with Gasteiger partial charge in [-0.3, -0.25) is 4.79 Å². The summed E-state index contributed by atoms with van der Waals surface area (Å²) in [4.78, 5) is 14.5. The lowest BCUT2D eigenvalue weighted by Crippen LogP contribution is -2.50. The number of piperidine rings is 1.